The van der Waals surface area contributed by atoms with Crippen molar-refractivity contribution in [1.82, 2.24) is 0 Å². The van der Waals surface area contributed by atoms with Crippen LogP contribution in [0.15, 0.2) is 97.1 Å². The third-order valence-electron chi connectivity index (χ3n) is 9.07. The van der Waals surface area contributed by atoms with Gasteiger partial charge in [0.25, 0.3) is 0 Å². The SMILES string of the molecule is CCCCCCOc1ccc(C(=O)Oc2ccc(C(=O)OCCCCCCCOC(=O)c3ccc(OC(=O)c4ccc(OCCCCCC)cc4)cc3)cc2)cc1. The van der Waals surface area contributed by atoms with Crippen molar-refractivity contribution in [3.63, 3.8) is 0 Å². The van der Waals surface area contributed by atoms with Crippen LogP contribution >= 0.6 is 0 Å². The molecule has 57 heavy (non-hydrogen) atoms. The molecule has 4 aromatic carbocycles. The number of esters is 4. The molecule has 10 heteroatoms. The van der Waals surface area contributed by atoms with Gasteiger partial charge in [0.05, 0.1) is 48.7 Å². The third kappa shape index (κ3) is 16.5. The van der Waals surface area contributed by atoms with E-state index in [1.807, 2.05) is 0 Å². The van der Waals surface area contributed by atoms with Crippen molar-refractivity contribution < 1.29 is 47.6 Å². The summed E-state index contributed by atoms with van der Waals surface area (Å²) in [5, 5.41) is 0. The first-order valence-electron chi connectivity index (χ1n) is 20.3. The Morgan fingerprint density at radius 2 is 0.614 bits per heavy atom. The Hall–Kier alpha value is -5.64. The summed E-state index contributed by atoms with van der Waals surface area (Å²) in [7, 11) is 0. The Labute approximate surface area is 336 Å². The van der Waals surface area contributed by atoms with Crippen LogP contribution in [0.4, 0.5) is 0 Å². The second-order valence-corrected chi connectivity index (χ2v) is 13.7. The highest BCUT2D eigenvalue weighted by Gasteiger charge is 2.13. The first-order valence-corrected chi connectivity index (χ1v) is 20.3. The van der Waals surface area contributed by atoms with Gasteiger partial charge in [0.15, 0.2) is 0 Å². The van der Waals surface area contributed by atoms with Gasteiger partial charge in [-0.1, -0.05) is 71.6 Å². The zero-order chi connectivity index (χ0) is 40.5. The fourth-order valence-corrected chi connectivity index (χ4v) is 5.69. The summed E-state index contributed by atoms with van der Waals surface area (Å²) in [5.74, 6) is 0.192. The van der Waals surface area contributed by atoms with Crippen LogP contribution in [-0.2, 0) is 9.47 Å². The fourth-order valence-electron chi connectivity index (χ4n) is 5.69. The lowest BCUT2D eigenvalue weighted by Gasteiger charge is -2.09. The highest BCUT2D eigenvalue weighted by atomic mass is 16.5. The Bertz CT molecular complexity index is 1650. The minimum atomic E-state index is -0.498. The third-order valence-corrected chi connectivity index (χ3v) is 9.07. The van der Waals surface area contributed by atoms with E-state index in [2.05, 4.69) is 13.8 Å². The molecule has 0 aromatic heterocycles. The Morgan fingerprint density at radius 1 is 0.333 bits per heavy atom. The molecule has 0 spiro atoms. The molecule has 0 saturated heterocycles. The Kier molecular flexibility index (Phi) is 19.7. The van der Waals surface area contributed by atoms with Crippen molar-refractivity contribution in [2.24, 2.45) is 0 Å². The molecular weight excluding hydrogens is 725 g/mol. The van der Waals surface area contributed by atoms with Gasteiger partial charge >= 0.3 is 23.9 Å². The summed E-state index contributed by atoms with van der Waals surface area (Å²) >= 11 is 0. The maximum atomic E-state index is 12.6. The quantitative estimate of drug-likeness (QED) is 0.0345. The molecule has 10 nitrogen and oxygen atoms in total. The zero-order valence-electron chi connectivity index (χ0n) is 33.3. The summed E-state index contributed by atoms with van der Waals surface area (Å²) in [6, 6.07) is 26.2. The number of hydrogen-bond donors (Lipinski definition) is 0. The van der Waals surface area contributed by atoms with Crippen LogP contribution in [0.25, 0.3) is 0 Å². The Morgan fingerprint density at radius 3 is 0.965 bits per heavy atom. The predicted molar refractivity (Wildman–Crippen MR) is 219 cm³/mol. The van der Waals surface area contributed by atoms with Crippen LogP contribution in [0, 0.1) is 0 Å². The van der Waals surface area contributed by atoms with Crippen LogP contribution in [0.1, 0.15) is 139 Å². The van der Waals surface area contributed by atoms with Gasteiger partial charge in [0.2, 0.25) is 0 Å². The van der Waals surface area contributed by atoms with E-state index in [4.69, 9.17) is 28.4 Å². The van der Waals surface area contributed by atoms with Crippen molar-refractivity contribution in [2.45, 2.75) is 97.3 Å². The molecule has 0 aliphatic carbocycles. The van der Waals surface area contributed by atoms with Crippen LogP contribution in [-0.4, -0.2) is 50.3 Å². The number of rotatable bonds is 26. The first-order chi connectivity index (χ1) is 27.9. The molecule has 0 saturated carbocycles. The van der Waals surface area contributed by atoms with E-state index < -0.39 is 23.9 Å². The molecule has 0 radical (unpaired) electrons. The predicted octanol–water partition coefficient (Wildman–Crippen LogP) is 11.0. The molecule has 0 heterocycles. The van der Waals surface area contributed by atoms with Crippen LogP contribution in [0.3, 0.4) is 0 Å². The van der Waals surface area contributed by atoms with Gasteiger partial charge in [-0.15, -0.1) is 0 Å². The van der Waals surface area contributed by atoms with Crippen LogP contribution < -0.4 is 18.9 Å². The monoisotopic (exact) mass is 780 g/mol. The van der Waals surface area contributed by atoms with Crippen molar-refractivity contribution in [1.29, 1.82) is 0 Å². The molecule has 0 atom stereocenters. The molecular formula is C47H56O10. The first kappa shape index (κ1) is 44.1. The molecule has 0 unspecified atom stereocenters. The summed E-state index contributed by atoms with van der Waals surface area (Å²) in [4.78, 5) is 50.1. The van der Waals surface area contributed by atoms with E-state index in [0.717, 1.165) is 44.9 Å². The van der Waals surface area contributed by atoms with Gasteiger partial charge in [-0.05, 0) is 123 Å². The molecule has 0 aliphatic heterocycles. The van der Waals surface area contributed by atoms with E-state index in [0.29, 0.717) is 71.3 Å². The number of benzene rings is 4. The topological polar surface area (TPSA) is 124 Å². The van der Waals surface area contributed by atoms with E-state index in [1.54, 1.807) is 97.1 Å². The summed E-state index contributed by atoms with van der Waals surface area (Å²) in [6.07, 6.45) is 13.1. The molecule has 4 aromatic rings. The van der Waals surface area contributed by atoms with Gasteiger partial charge in [0.1, 0.15) is 23.0 Å². The minimum absolute atomic E-state index is 0.287. The van der Waals surface area contributed by atoms with Crippen molar-refractivity contribution >= 4 is 23.9 Å². The van der Waals surface area contributed by atoms with Crippen molar-refractivity contribution in [2.75, 3.05) is 26.4 Å². The number of carbonyl (C=O) groups is 4. The highest BCUT2D eigenvalue weighted by Crippen LogP contribution is 2.20. The fraction of sp³-hybridized carbons (Fsp3) is 0.404. The molecule has 0 aliphatic rings. The molecule has 0 amide bonds. The molecule has 4 rings (SSSR count). The van der Waals surface area contributed by atoms with Gasteiger partial charge in [-0.2, -0.15) is 0 Å². The van der Waals surface area contributed by atoms with Gasteiger partial charge in [-0.3, -0.25) is 0 Å². The number of carbonyl (C=O) groups excluding carboxylic acids is 4. The average molecular weight is 781 g/mol. The minimum Gasteiger partial charge on any atom is -0.494 e. The van der Waals surface area contributed by atoms with Crippen molar-refractivity contribution in [3.05, 3.63) is 119 Å². The van der Waals surface area contributed by atoms with Gasteiger partial charge in [-0.25, -0.2) is 19.2 Å². The highest BCUT2D eigenvalue weighted by molar-refractivity contribution is 5.93. The van der Waals surface area contributed by atoms with E-state index in [-0.39, 0.29) is 13.2 Å². The maximum Gasteiger partial charge on any atom is 0.343 e. The molecule has 304 valence electrons. The lowest BCUT2D eigenvalue weighted by atomic mass is 10.1. The van der Waals surface area contributed by atoms with Crippen molar-refractivity contribution in [3.8, 4) is 23.0 Å². The van der Waals surface area contributed by atoms with Crippen LogP contribution in [0.2, 0.25) is 0 Å². The van der Waals surface area contributed by atoms with E-state index in [9.17, 15) is 19.2 Å². The van der Waals surface area contributed by atoms with Crippen LogP contribution in [0.5, 0.6) is 23.0 Å². The lowest BCUT2D eigenvalue weighted by Crippen LogP contribution is -2.09. The summed E-state index contributed by atoms with van der Waals surface area (Å²) in [5.41, 5.74) is 1.54. The van der Waals surface area contributed by atoms with Gasteiger partial charge < -0.3 is 28.4 Å². The van der Waals surface area contributed by atoms with E-state index >= 15 is 0 Å². The normalized spacial score (nSPS) is 10.7. The number of unbranched alkanes of at least 4 members (excludes halogenated alkanes) is 10. The smallest absolute Gasteiger partial charge is 0.343 e. The molecule has 0 fully saturated rings. The summed E-state index contributed by atoms with van der Waals surface area (Å²) in [6.45, 7) is 6.21. The summed E-state index contributed by atoms with van der Waals surface area (Å²) < 4.78 is 33.2. The van der Waals surface area contributed by atoms with E-state index in [1.165, 1.54) is 25.7 Å². The second-order valence-electron chi connectivity index (χ2n) is 13.7. The largest absolute Gasteiger partial charge is 0.494 e. The molecule has 0 bridgehead atoms. The average Bonchev–Trinajstić information content (AvgIpc) is 3.23. The Balaban J connectivity index is 1.03. The number of hydrogen-bond acceptors (Lipinski definition) is 10. The second kappa shape index (κ2) is 25.5. The van der Waals surface area contributed by atoms with Gasteiger partial charge in [0, 0.05) is 0 Å². The standard InChI is InChI=1S/C47H56O10/c1-3-5-7-12-32-52-40-24-16-38(17-25-40)46(50)56-42-28-20-36(21-29-42)44(48)54-34-14-10-9-11-15-35-55-45(49)37-22-30-43(31-23-37)57-47(51)39-18-26-41(27-19-39)53-33-13-8-6-4-2/h16-31H,3-15,32-35H2,1-2H3. The molecule has 0 N–H and O–H groups in total. The zero-order valence-corrected chi connectivity index (χ0v) is 33.3. The lowest BCUT2D eigenvalue weighted by molar-refractivity contribution is 0.0496. The maximum absolute atomic E-state index is 12.6. The number of ether oxygens (including phenoxy) is 6.